The first-order valence-electron chi connectivity index (χ1n) is 9.71. The molecule has 150 valence electrons. The van der Waals surface area contributed by atoms with Crippen molar-refractivity contribution < 1.29 is 13.2 Å². The van der Waals surface area contributed by atoms with Gasteiger partial charge in [-0.3, -0.25) is 0 Å². The first-order chi connectivity index (χ1) is 13.5. The van der Waals surface area contributed by atoms with E-state index >= 15 is 0 Å². The number of benzene rings is 2. The molecule has 2 amide bonds. The predicted octanol–water partition coefficient (Wildman–Crippen LogP) is 3.92. The molecule has 0 aromatic heterocycles. The van der Waals surface area contributed by atoms with Crippen LogP contribution < -0.4 is 5.32 Å². The number of anilines is 1. The van der Waals surface area contributed by atoms with Crippen LogP contribution in [0, 0.1) is 0 Å². The summed E-state index contributed by atoms with van der Waals surface area (Å²) in [6.45, 7) is 4.35. The van der Waals surface area contributed by atoms with Crippen LogP contribution in [0.15, 0.2) is 59.5 Å². The van der Waals surface area contributed by atoms with Gasteiger partial charge in [0.1, 0.15) is 0 Å². The zero-order chi connectivity index (χ0) is 20.0. The summed E-state index contributed by atoms with van der Waals surface area (Å²) in [5, 5.41) is 2.87. The number of hydrogen-bond acceptors (Lipinski definition) is 3. The lowest BCUT2D eigenvalue weighted by Gasteiger charge is -2.23. The quantitative estimate of drug-likeness (QED) is 0.765. The van der Waals surface area contributed by atoms with Gasteiger partial charge in [0.05, 0.1) is 4.90 Å². The Bertz CT molecular complexity index is 877. The Kier molecular flexibility index (Phi) is 6.70. The summed E-state index contributed by atoms with van der Waals surface area (Å²) in [6.07, 6.45) is 2.66. The van der Waals surface area contributed by atoms with E-state index in [0.29, 0.717) is 31.9 Å². The molecule has 1 heterocycles. The summed E-state index contributed by atoms with van der Waals surface area (Å²) in [7, 11) is -3.44. The predicted molar refractivity (Wildman–Crippen MR) is 111 cm³/mol. The Morgan fingerprint density at radius 3 is 2.29 bits per heavy atom. The van der Waals surface area contributed by atoms with Gasteiger partial charge >= 0.3 is 6.03 Å². The number of carbonyl (C=O) groups excluding carboxylic acids is 1. The highest BCUT2D eigenvalue weighted by molar-refractivity contribution is 7.89. The Hall–Kier alpha value is -2.38. The maximum Gasteiger partial charge on any atom is 0.322 e. The van der Waals surface area contributed by atoms with Gasteiger partial charge in [-0.25, -0.2) is 13.2 Å². The summed E-state index contributed by atoms with van der Waals surface area (Å²) in [4.78, 5) is 14.7. The van der Waals surface area contributed by atoms with Gasteiger partial charge < -0.3 is 10.2 Å². The van der Waals surface area contributed by atoms with Gasteiger partial charge in [-0.15, -0.1) is 0 Å². The number of nitrogens with zero attached hydrogens (tertiary/aromatic N) is 2. The molecule has 3 rings (SSSR count). The van der Waals surface area contributed by atoms with Crippen molar-refractivity contribution in [2.75, 3.05) is 25.0 Å². The van der Waals surface area contributed by atoms with Crippen LogP contribution in [0.1, 0.15) is 31.7 Å². The Labute approximate surface area is 167 Å². The molecule has 1 aliphatic rings. The van der Waals surface area contributed by atoms with E-state index in [2.05, 4.69) is 5.32 Å². The number of hydrogen-bond donors (Lipinski definition) is 1. The van der Waals surface area contributed by atoms with Gasteiger partial charge in [0, 0.05) is 31.9 Å². The molecule has 0 atom stereocenters. The second-order valence-electron chi connectivity index (χ2n) is 6.97. The highest BCUT2D eigenvalue weighted by atomic mass is 32.2. The zero-order valence-electron chi connectivity index (χ0n) is 16.2. The zero-order valence-corrected chi connectivity index (χ0v) is 17.0. The Morgan fingerprint density at radius 1 is 1.04 bits per heavy atom. The molecular weight excluding hydrogens is 374 g/mol. The van der Waals surface area contributed by atoms with Crippen LogP contribution in [0.25, 0.3) is 0 Å². The number of nitrogens with one attached hydrogen (secondary N) is 1. The monoisotopic (exact) mass is 401 g/mol. The third-order valence-electron chi connectivity index (χ3n) is 4.81. The molecule has 1 saturated heterocycles. The highest BCUT2D eigenvalue weighted by Crippen LogP contribution is 2.22. The lowest BCUT2D eigenvalue weighted by Crippen LogP contribution is -2.35. The van der Waals surface area contributed by atoms with Crippen molar-refractivity contribution in [1.29, 1.82) is 0 Å². The highest BCUT2D eigenvalue weighted by Gasteiger charge is 2.27. The van der Waals surface area contributed by atoms with E-state index < -0.39 is 10.0 Å². The molecule has 2 aromatic carbocycles. The molecule has 1 fully saturated rings. The van der Waals surface area contributed by atoms with Crippen molar-refractivity contribution in [2.24, 2.45) is 0 Å². The van der Waals surface area contributed by atoms with Crippen molar-refractivity contribution in [3.63, 3.8) is 0 Å². The molecule has 2 aromatic rings. The lowest BCUT2D eigenvalue weighted by atomic mass is 10.2. The number of rotatable bonds is 7. The van der Waals surface area contributed by atoms with Gasteiger partial charge in [0.25, 0.3) is 0 Å². The topological polar surface area (TPSA) is 69.7 Å². The third kappa shape index (κ3) is 4.91. The van der Waals surface area contributed by atoms with Crippen LogP contribution in [0.5, 0.6) is 0 Å². The van der Waals surface area contributed by atoms with E-state index in [-0.39, 0.29) is 10.9 Å². The van der Waals surface area contributed by atoms with E-state index in [0.717, 1.165) is 24.8 Å². The lowest BCUT2D eigenvalue weighted by molar-refractivity contribution is 0.209. The number of urea groups is 1. The van der Waals surface area contributed by atoms with E-state index in [1.807, 2.05) is 37.3 Å². The van der Waals surface area contributed by atoms with Gasteiger partial charge in [0.15, 0.2) is 0 Å². The molecule has 28 heavy (non-hydrogen) atoms. The van der Waals surface area contributed by atoms with Crippen LogP contribution in [0.2, 0.25) is 0 Å². The van der Waals surface area contributed by atoms with Gasteiger partial charge in [-0.05, 0) is 49.1 Å². The fraction of sp³-hybridized carbons (Fsp3) is 0.381. The average molecular weight is 402 g/mol. The van der Waals surface area contributed by atoms with Crippen LogP contribution in [-0.4, -0.2) is 43.3 Å². The maximum absolute atomic E-state index is 12.7. The third-order valence-corrected chi connectivity index (χ3v) is 6.72. The number of carbonyl (C=O) groups is 1. The number of sulfonamides is 1. The van der Waals surface area contributed by atoms with Gasteiger partial charge in [0.2, 0.25) is 10.0 Å². The maximum atomic E-state index is 12.7. The second kappa shape index (κ2) is 9.21. The van der Waals surface area contributed by atoms with Crippen LogP contribution >= 0.6 is 0 Å². The summed E-state index contributed by atoms with van der Waals surface area (Å²) >= 11 is 0. The van der Waals surface area contributed by atoms with Crippen LogP contribution in [0.3, 0.4) is 0 Å². The minimum absolute atomic E-state index is 0.194. The molecule has 1 N–H and O–H groups in total. The fourth-order valence-electron chi connectivity index (χ4n) is 3.32. The number of amides is 2. The van der Waals surface area contributed by atoms with E-state index in [9.17, 15) is 13.2 Å². The molecular formula is C21H27N3O3S. The minimum Gasteiger partial charge on any atom is -0.320 e. The van der Waals surface area contributed by atoms with Gasteiger partial charge in [-0.1, -0.05) is 37.3 Å². The molecule has 0 spiro atoms. The fourth-order valence-corrected chi connectivity index (χ4v) is 4.83. The van der Waals surface area contributed by atoms with Crippen molar-refractivity contribution in [1.82, 2.24) is 9.21 Å². The summed E-state index contributed by atoms with van der Waals surface area (Å²) in [5.41, 5.74) is 1.65. The molecule has 7 heteroatoms. The molecule has 6 nitrogen and oxygen atoms in total. The standard InChI is InChI=1S/C21H27N3O3S/c1-2-14-23(17-18-8-4-3-5-9-18)21(25)22-19-10-12-20(13-11-19)28(26,27)24-15-6-7-16-24/h3-5,8-13H,2,6-7,14-17H2,1H3,(H,22,25). The van der Waals surface area contributed by atoms with E-state index in [4.69, 9.17) is 0 Å². The first-order valence-corrected chi connectivity index (χ1v) is 11.1. The van der Waals surface area contributed by atoms with E-state index in [1.165, 1.54) is 4.31 Å². The average Bonchev–Trinajstić information content (AvgIpc) is 3.25. The first kappa shape index (κ1) is 20.4. The summed E-state index contributed by atoms with van der Waals surface area (Å²) in [5.74, 6) is 0. The largest absolute Gasteiger partial charge is 0.322 e. The van der Waals surface area contributed by atoms with Crippen molar-refractivity contribution in [3.8, 4) is 0 Å². The molecule has 0 saturated carbocycles. The molecule has 1 aliphatic heterocycles. The van der Waals surface area contributed by atoms with Crippen LogP contribution in [0.4, 0.5) is 10.5 Å². The molecule has 0 radical (unpaired) electrons. The molecule has 0 bridgehead atoms. The Morgan fingerprint density at radius 2 is 1.68 bits per heavy atom. The van der Waals surface area contributed by atoms with Gasteiger partial charge in [-0.2, -0.15) is 4.31 Å². The second-order valence-corrected chi connectivity index (χ2v) is 8.91. The smallest absolute Gasteiger partial charge is 0.320 e. The normalized spacial score (nSPS) is 14.8. The van der Waals surface area contributed by atoms with Crippen molar-refractivity contribution >= 4 is 21.7 Å². The Balaban J connectivity index is 1.67. The van der Waals surface area contributed by atoms with Crippen molar-refractivity contribution in [3.05, 3.63) is 60.2 Å². The SMILES string of the molecule is CCCN(Cc1ccccc1)C(=O)Nc1ccc(S(=O)(=O)N2CCCC2)cc1. The molecule has 0 aliphatic carbocycles. The summed E-state index contributed by atoms with van der Waals surface area (Å²) < 4.78 is 26.7. The van der Waals surface area contributed by atoms with E-state index in [1.54, 1.807) is 29.2 Å². The minimum atomic E-state index is -3.44. The van der Waals surface area contributed by atoms with Crippen LogP contribution in [-0.2, 0) is 16.6 Å². The summed E-state index contributed by atoms with van der Waals surface area (Å²) in [6, 6.07) is 16.1. The van der Waals surface area contributed by atoms with Crippen molar-refractivity contribution in [2.45, 2.75) is 37.6 Å². The molecule has 0 unspecified atom stereocenters.